The summed E-state index contributed by atoms with van der Waals surface area (Å²) in [5.74, 6) is 5.33. The number of aliphatic hydroxyl groups excluding tert-OH is 1. The van der Waals surface area contributed by atoms with E-state index in [1.165, 1.54) is 37.9 Å². The third-order valence-electron chi connectivity index (χ3n) is 10.6. The summed E-state index contributed by atoms with van der Waals surface area (Å²) in [6.45, 7) is 18.7. The largest absolute Gasteiger partial charge is 0.495 e. The molecule has 0 radical (unpaired) electrons. The molecule has 0 aromatic carbocycles. The third kappa shape index (κ3) is 7.00. The summed E-state index contributed by atoms with van der Waals surface area (Å²) in [6.07, 6.45) is 16.0. The molecule has 0 aromatic heterocycles. The zero-order chi connectivity index (χ0) is 28.8. The molecule has 0 spiro atoms. The first-order chi connectivity index (χ1) is 18.6. The van der Waals surface area contributed by atoms with Gasteiger partial charge in [0.15, 0.2) is 0 Å². The number of allylic oxidation sites excluding steroid dienone is 3. The number of hydrogen-bond donors (Lipinski definition) is 1. The maximum absolute atomic E-state index is 10.4. The lowest BCUT2D eigenvalue weighted by molar-refractivity contribution is -0.0566. The Hall–Kier alpha value is -1.20. The van der Waals surface area contributed by atoms with Crippen molar-refractivity contribution in [2.24, 2.45) is 51.5 Å². The Morgan fingerprint density at radius 2 is 1.82 bits per heavy atom. The topological polar surface area (TPSA) is 68.1 Å². The second-order valence-electron chi connectivity index (χ2n) is 14.0. The van der Waals surface area contributed by atoms with Crippen molar-refractivity contribution >= 4 is 0 Å². The maximum Gasteiger partial charge on any atom is 0.104 e. The summed E-state index contributed by atoms with van der Waals surface area (Å²) in [6, 6.07) is 0. The summed E-state index contributed by atoms with van der Waals surface area (Å²) in [4.78, 5) is 10.4. The smallest absolute Gasteiger partial charge is 0.104 e. The molecule has 3 saturated carbocycles. The SMILES string of the molecule is CC.CC(C)C.CC(CO)C/C=C1/CC2C(CC3C4CC=C5CC(OCCN=O)CCC5(C)C4CCC23C)O1. The van der Waals surface area contributed by atoms with Gasteiger partial charge in [0.25, 0.3) is 0 Å². The molecule has 0 amide bonds. The van der Waals surface area contributed by atoms with Crippen LogP contribution >= 0.6 is 0 Å². The molecule has 1 heterocycles. The molecule has 5 nitrogen and oxygen atoms in total. The summed E-state index contributed by atoms with van der Waals surface area (Å²) in [7, 11) is 0. The first-order valence-electron chi connectivity index (χ1n) is 16.2. The fourth-order valence-electron chi connectivity index (χ4n) is 8.61. The van der Waals surface area contributed by atoms with Crippen molar-refractivity contribution < 1.29 is 14.6 Å². The second-order valence-corrected chi connectivity index (χ2v) is 14.0. The number of nitroso groups, excluding NO2 is 1. The van der Waals surface area contributed by atoms with Gasteiger partial charge in [0.05, 0.1) is 18.5 Å². The van der Waals surface area contributed by atoms with Crippen molar-refractivity contribution in [3.63, 3.8) is 0 Å². The standard InChI is InChI=1S/C28H43NO4.C4H10.C2H6/c1-18(17-30)4-6-21-15-25-26(33-21)16-24-22-7-5-19-14-20(32-13-12-29-31)8-10-27(19,2)23(22)9-11-28(24,25)3;1-4(2)3;1-2/h5-6,18,20,22-26,30H,4,7-17H2,1-3H3;4H,1-3H3;1-2H3/b21-6-;;. The number of hydrogen-bond acceptors (Lipinski definition) is 5. The molecule has 1 saturated heterocycles. The predicted octanol–water partition coefficient (Wildman–Crippen LogP) is 8.71. The van der Waals surface area contributed by atoms with E-state index in [0.29, 0.717) is 35.4 Å². The van der Waals surface area contributed by atoms with Crippen LogP contribution in [0.15, 0.2) is 28.7 Å². The highest BCUT2D eigenvalue weighted by Crippen LogP contribution is 2.68. The molecular weight excluding hydrogens is 486 g/mol. The highest BCUT2D eigenvalue weighted by atomic mass is 16.5. The zero-order valence-electron chi connectivity index (χ0n) is 26.4. The Kier molecular flexibility index (Phi) is 11.7. The minimum absolute atomic E-state index is 0.247. The van der Waals surface area contributed by atoms with E-state index in [0.717, 1.165) is 49.4 Å². The number of nitrogens with zero attached hydrogens (tertiary/aromatic N) is 1. The molecular formula is C34H59NO4. The fraction of sp³-hybridized carbons (Fsp3) is 0.882. The summed E-state index contributed by atoms with van der Waals surface area (Å²) in [5, 5.41) is 12.3. The normalized spacial score (nSPS) is 39.9. The lowest BCUT2D eigenvalue weighted by atomic mass is 9.47. The van der Waals surface area contributed by atoms with Gasteiger partial charge in [-0.25, -0.2) is 0 Å². The van der Waals surface area contributed by atoms with Gasteiger partial charge < -0.3 is 14.6 Å². The van der Waals surface area contributed by atoms with Crippen molar-refractivity contribution in [2.75, 3.05) is 19.8 Å². The molecule has 1 aliphatic heterocycles. The molecule has 9 atom stereocenters. The minimum Gasteiger partial charge on any atom is -0.495 e. The molecule has 1 N–H and O–H groups in total. The highest BCUT2D eigenvalue weighted by molar-refractivity contribution is 5.26. The van der Waals surface area contributed by atoms with E-state index >= 15 is 0 Å². The van der Waals surface area contributed by atoms with Crippen molar-refractivity contribution in [3.05, 3.63) is 28.4 Å². The van der Waals surface area contributed by atoms with Crippen LogP contribution in [-0.2, 0) is 9.47 Å². The average molecular weight is 546 g/mol. The van der Waals surface area contributed by atoms with Crippen LogP contribution in [-0.4, -0.2) is 37.1 Å². The van der Waals surface area contributed by atoms with E-state index in [4.69, 9.17) is 9.47 Å². The Labute approximate surface area is 239 Å². The summed E-state index contributed by atoms with van der Waals surface area (Å²) >= 11 is 0. The van der Waals surface area contributed by atoms with E-state index in [1.807, 2.05) is 13.8 Å². The van der Waals surface area contributed by atoms with Gasteiger partial charge in [0.1, 0.15) is 12.6 Å². The third-order valence-corrected chi connectivity index (χ3v) is 10.6. The lowest BCUT2D eigenvalue weighted by Crippen LogP contribution is -2.50. The first kappa shape index (κ1) is 32.3. The minimum atomic E-state index is 0.247. The number of ether oxygens (including phenoxy) is 2. The Morgan fingerprint density at radius 3 is 2.49 bits per heavy atom. The van der Waals surface area contributed by atoms with Gasteiger partial charge in [0.2, 0.25) is 0 Å². The molecule has 224 valence electrons. The van der Waals surface area contributed by atoms with Crippen LogP contribution in [0.1, 0.15) is 113 Å². The Balaban J connectivity index is 0.000000644. The van der Waals surface area contributed by atoms with E-state index in [9.17, 15) is 10.0 Å². The van der Waals surface area contributed by atoms with Crippen LogP contribution in [0.2, 0.25) is 0 Å². The Bertz CT molecular complexity index is 849. The summed E-state index contributed by atoms with van der Waals surface area (Å²) < 4.78 is 12.5. The van der Waals surface area contributed by atoms with Crippen molar-refractivity contribution in [2.45, 2.75) is 125 Å². The van der Waals surface area contributed by atoms with Crippen molar-refractivity contribution in [1.29, 1.82) is 0 Å². The first-order valence-corrected chi connectivity index (χ1v) is 16.2. The molecule has 5 heteroatoms. The van der Waals surface area contributed by atoms with E-state index in [1.54, 1.807) is 5.57 Å². The van der Waals surface area contributed by atoms with E-state index in [2.05, 4.69) is 58.9 Å². The molecule has 9 unspecified atom stereocenters. The molecule has 0 bridgehead atoms. The monoisotopic (exact) mass is 545 g/mol. The van der Waals surface area contributed by atoms with Crippen LogP contribution in [0.3, 0.4) is 0 Å². The van der Waals surface area contributed by atoms with E-state index in [-0.39, 0.29) is 19.3 Å². The van der Waals surface area contributed by atoms with Crippen LogP contribution in [0.4, 0.5) is 0 Å². The molecule has 5 rings (SSSR count). The quantitative estimate of drug-likeness (QED) is 0.197. The van der Waals surface area contributed by atoms with Gasteiger partial charge >= 0.3 is 0 Å². The van der Waals surface area contributed by atoms with Gasteiger partial charge in [-0.15, -0.1) is 0 Å². The van der Waals surface area contributed by atoms with Gasteiger partial charge in [-0.05, 0) is 97.9 Å². The van der Waals surface area contributed by atoms with Gasteiger partial charge in [-0.2, -0.15) is 4.91 Å². The van der Waals surface area contributed by atoms with Crippen LogP contribution in [0.5, 0.6) is 0 Å². The van der Waals surface area contributed by atoms with Gasteiger partial charge in [0, 0.05) is 18.9 Å². The molecule has 4 fully saturated rings. The molecule has 39 heavy (non-hydrogen) atoms. The van der Waals surface area contributed by atoms with Crippen LogP contribution in [0, 0.1) is 51.2 Å². The molecule has 4 aliphatic carbocycles. The number of rotatable bonds is 7. The van der Waals surface area contributed by atoms with Gasteiger partial charge in [-0.3, -0.25) is 0 Å². The fourth-order valence-corrected chi connectivity index (χ4v) is 8.61. The van der Waals surface area contributed by atoms with Crippen LogP contribution in [0.25, 0.3) is 0 Å². The summed E-state index contributed by atoms with van der Waals surface area (Å²) in [5.41, 5.74) is 2.34. The molecule has 0 aromatic rings. The van der Waals surface area contributed by atoms with E-state index < -0.39 is 0 Å². The Morgan fingerprint density at radius 1 is 1.10 bits per heavy atom. The van der Waals surface area contributed by atoms with Crippen LogP contribution < -0.4 is 0 Å². The molecule has 5 aliphatic rings. The zero-order valence-corrected chi connectivity index (χ0v) is 26.4. The highest BCUT2D eigenvalue weighted by Gasteiger charge is 2.63. The van der Waals surface area contributed by atoms with Gasteiger partial charge in [-0.1, -0.05) is 72.2 Å². The van der Waals surface area contributed by atoms with Crippen molar-refractivity contribution in [3.8, 4) is 0 Å². The van der Waals surface area contributed by atoms with Crippen molar-refractivity contribution in [1.82, 2.24) is 0 Å². The average Bonchev–Trinajstić information content (AvgIpc) is 3.45. The predicted molar refractivity (Wildman–Crippen MR) is 161 cm³/mol. The number of aliphatic hydroxyl groups is 1. The number of fused-ring (bicyclic) bond motifs is 7. The lowest BCUT2D eigenvalue weighted by Gasteiger charge is -2.58. The second kappa shape index (κ2) is 14.1. The maximum atomic E-state index is 10.4.